The van der Waals surface area contributed by atoms with E-state index >= 15 is 0 Å². The number of carbonyl (C=O) groups is 1. The van der Waals surface area contributed by atoms with Gasteiger partial charge in [0.2, 0.25) is 5.91 Å². The number of aromatic nitrogens is 2. The summed E-state index contributed by atoms with van der Waals surface area (Å²) in [6.45, 7) is 0.741. The first-order valence-corrected chi connectivity index (χ1v) is 7.09. The molecule has 0 aliphatic carbocycles. The van der Waals surface area contributed by atoms with Crippen molar-refractivity contribution in [3.05, 3.63) is 16.9 Å². The van der Waals surface area contributed by atoms with E-state index < -0.39 is 0 Å². The zero-order chi connectivity index (χ0) is 15.1. The van der Waals surface area contributed by atoms with Crippen molar-refractivity contribution in [3.63, 3.8) is 0 Å². The number of nitrogens with one attached hydrogen (secondary N) is 1. The molecular weight excluding hydrogens is 290 g/mol. The Bertz CT molecular complexity index is 765. The molecule has 1 aromatic carbocycles. The largest absolute Gasteiger partial charge is 0.493 e. The molecule has 2 aromatic rings. The maximum absolute atomic E-state index is 12.3. The molecule has 1 N–H and O–H groups in total. The van der Waals surface area contributed by atoms with E-state index in [-0.39, 0.29) is 11.9 Å². The first kappa shape index (κ1) is 13.9. The van der Waals surface area contributed by atoms with Crippen LogP contribution in [0, 0.1) is 4.77 Å². The number of methoxy groups -OCH3 is 2. The van der Waals surface area contributed by atoms with Crippen LogP contribution in [-0.4, -0.2) is 48.2 Å². The Balaban J connectivity index is 2.21. The quantitative estimate of drug-likeness (QED) is 0.883. The lowest BCUT2D eigenvalue weighted by Gasteiger charge is -2.14. The van der Waals surface area contributed by atoms with Gasteiger partial charge < -0.3 is 23.9 Å². The molecule has 1 amide bonds. The van der Waals surface area contributed by atoms with Gasteiger partial charge in [-0.3, -0.25) is 4.79 Å². The van der Waals surface area contributed by atoms with Crippen molar-refractivity contribution in [1.29, 1.82) is 0 Å². The van der Waals surface area contributed by atoms with Gasteiger partial charge in [-0.1, -0.05) is 0 Å². The molecule has 2 heterocycles. The first-order valence-electron chi connectivity index (χ1n) is 6.68. The standard InChI is InChI=1S/C14H17N3O3S/c1-16-5-4-9(13(16)18)17-10-7-12(20-3)11(19-2)6-8(10)15-14(17)21/h6-7,9H,4-5H2,1-3H3,(H,15,21). The highest BCUT2D eigenvalue weighted by molar-refractivity contribution is 7.71. The lowest BCUT2D eigenvalue weighted by Crippen LogP contribution is -2.24. The van der Waals surface area contributed by atoms with Gasteiger partial charge in [-0.15, -0.1) is 0 Å². The Labute approximate surface area is 127 Å². The molecule has 0 radical (unpaired) electrons. The van der Waals surface area contributed by atoms with Crippen LogP contribution in [0.4, 0.5) is 0 Å². The van der Waals surface area contributed by atoms with Crippen molar-refractivity contribution < 1.29 is 14.3 Å². The maximum Gasteiger partial charge on any atom is 0.245 e. The van der Waals surface area contributed by atoms with E-state index in [0.29, 0.717) is 16.3 Å². The number of likely N-dealkylation sites (N-methyl/N-ethyl adjacent to an activating group) is 1. The molecule has 1 unspecified atom stereocenters. The third-order valence-corrected chi connectivity index (χ3v) is 4.23. The molecule has 1 aliphatic rings. The highest BCUT2D eigenvalue weighted by Gasteiger charge is 2.32. The Morgan fingerprint density at radius 1 is 1.29 bits per heavy atom. The minimum Gasteiger partial charge on any atom is -0.493 e. The number of amides is 1. The number of benzene rings is 1. The second-order valence-electron chi connectivity index (χ2n) is 5.09. The number of nitrogens with zero attached hydrogens (tertiary/aromatic N) is 2. The van der Waals surface area contributed by atoms with Gasteiger partial charge in [0, 0.05) is 25.7 Å². The summed E-state index contributed by atoms with van der Waals surface area (Å²) in [5.74, 6) is 1.33. The fourth-order valence-corrected chi connectivity index (χ4v) is 3.14. The van der Waals surface area contributed by atoms with Crippen LogP contribution in [0.25, 0.3) is 11.0 Å². The summed E-state index contributed by atoms with van der Waals surface area (Å²) in [6.07, 6.45) is 0.755. The summed E-state index contributed by atoms with van der Waals surface area (Å²) < 4.78 is 13.0. The monoisotopic (exact) mass is 307 g/mol. The number of rotatable bonds is 3. The predicted molar refractivity (Wildman–Crippen MR) is 81.5 cm³/mol. The molecule has 7 heteroatoms. The predicted octanol–water partition coefficient (Wildman–Crippen LogP) is 2.12. The lowest BCUT2D eigenvalue weighted by molar-refractivity contribution is -0.129. The number of aromatic amines is 1. The minimum atomic E-state index is -0.255. The van der Waals surface area contributed by atoms with Crippen LogP contribution in [-0.2, 0) is 4.79 Å². The van der Waals surface area contributed by atoms with E-state index in [0.717, 1.165) is 24.0 Å². The van der Waals surface area contributed by atoms with Crippen LogP contribution in [0.3, 0.4) is 0 Å². The second kappa shape index (κ2) is 5.07. The second-order valence-corrected chi connectivity index (χ2v) is 5.48. The highest BCUT2D eigenvalue weighted by Crippen LogP contribution is 2.34. The SMILES string of the molecule is COc1cc2[nH]c(=S)n(C3CCN(C)C3=O)c2cc1OC. The van der Waals surface area contributed by atoms with Gasteiger partial charge in [0.15, 0.2) is 16.3 Å². The fraction of sp³-hybridized carbons (Fsp3) is 0.429. The van der Waals surface area contributed by atoms with E-state index in [4.69, 9.17) is 21.7 Å². The summed E-state index contributed by atoms with van der Waals surface area (Å²) >= 11 is 5.40. The van der Waals surface area contributed by atoms with E-state index in [1.807, 2.05) is 23.7 Å². The van der Waals surface area contributed by atoms with E-state index in [1.54, 1.807) is 19.1 Å². The van der Waals surface area contributed by atoms with E-state index in [1.165, 1.54) is 0 Å². The molecule has 112 valence electrons. The smallest absolute Gasteiger partial charge is 0.245 e. The number of hydrogen-bond donors (Lipinski definition) is 1. The first-order chi connectivity index (χ1) is 10.1. The summed E-state index contributed by atoms with van der Waals surface area (Å²) in [5.41, 5.74) is 1.69. The molecule has 21 heavy (non-hydrogen) atoms. The van der Waals surface area contributed by atoms with Crippen LogP contribution in [0.2, 0.25) is 0 Å². The molecular formula is C14H17N3O3S. The molecule has 1 fully saturated rings. The average Bonchev–Trinajstić information content (AvgIpc) is 2.97. The minimum absolute atomic E-state index is 0.0850. The number of hydrogen-bond acceptors (Lipinski definition) is 4. The molecule has 1 atom stereocenters. The van der Waals surface area contributed by atoms with E-state index in [2.05, 4.69) is 4.98 Å². The summed E-state index contributed by atoms with van der Waals surface area (Å²) in [4.78, 5) is 17.1. The van der Waals surface area contributed by atoms with Crippen LogP contribution < -0.4 is 9.47 Å². The highest BCUT2D eigenvalue weighted by atomic mass is 32.1. The van der Waals surface area contributed by atoms with Gasteiger partial charge in [-0.2, -0.15) is 0 Å². The molecule has 1 aromatic heterocycles. The van der Waals surface area contributed by atoms with Gasteiger partial charge in [-0.25, -0.2) is 0 Å². The van der Waals surface area contributed by atoms with Gasteiger partial charge in [-0.05, 0) is 18.6 Å². The fourth-order valence-electron chi connectivity index (χ4n) is 2.81. The van der Waals surface area contributed by atoms with Gasteiger partial charge in [0.05, 0.1) is 25.3 Å². The van der Waals surface area contributed by atoms with Crippen molar-refractivity contribution >= 4 is 29.2 Å². The number of H-pyrrole nitrogens is 1. The third kappa shape index (κ3) is 2.08. The van der Waals surface area contributed by atoms with Crippen molar-refractivity contribution in [1.82, 2.24) is 14.5 Å². The molecule has 0 bridgehead atoms. The maximum atomic E-state index is 12.3. The van der Waals surface area contributed by atoms with Crippen molar-refractivity contribution in [2.24, 2.45) is 0 Å². The number of ether oxygens (including phenoxy) is 2. The number of imidazole rings is 1. The average molecular weight is 307 g/mol. The van der Waals surface area contributed by atoms with Crippen LogP contribution in [0.5, 0.6) is 11.5 Å². The van der Waals surface area contributed by atoms with Gasteiger partial charge in [0.25, 0.3) is 0 Å². The summed E-state index contributed by atoms with van der Waals surface area (Å²) in [7, 11) is 4.99. The topological polar surface area (TPSA) is 59.5 Å². The third-order valence-electron chi connectivity index (χ3n) is 3.93. The molecule has 1 aliphatic heterocycles. The lowest BCUT2D eigenvalue weighted by atomic mass is 10.2. The van der Waals surface area contributed by atoms with Crippen molar-refractivity contribution in [2.75, 3.05) is 27.8 Å². The Morgan fingerprint density at radius 2 is 1.95 bits per heavy atom. The zero-order valence-corrected chi connectivity index (χ0v) is 13.0. The molecule has 3 rings (SSSR count). The van der Waals surface area contributed by atoms with Crippen molar-refractivity contribution in [2.45, 2.75) is 12.5 Å². The number of carbonyl (C=O) groups excluding carboxylic acids is 1. The molecule has 0 saturated carbocycles. The Kier molecular flexibility index (Phi) is 3.36. The van der Waals surface area contributed by atoms with Crippen LogP contribution in [0.1, 0.15) is 12.5 Å². The normalized spacial score (nSPS) is 18.5. The molecule has 0 spiro atoms. The van der Waals surface area contributed by atoms with Crippen molar-refractivity contribution in [3.8, 4) is 11.5 Å². The number of likely N-dealkylation sites (tertiary alicyclic amines) is 1. The Morgan fingerprint density at radius 3 is 2.52 bits per heavy atom. The summed E-state index contributed by atoms with van der Waals surface area (Å²) in [6, 6.07) is 3.43. The molecule has 1 saturated heterocycles. The summed E-state index contributed by atoms with van der Waals surface area (Å²) in [5, 5.41) is 0. The zero-order valence-electron chi connectivity index (χ0n) is 12.2. The van der Waals surface area contributed by atoms with Crippen LogP contribution in [0.15, 0.2) is 12.1 Å². The van der Waals surface area contributed by atoms with Crippen LogP contribution >= 0.6 is 12.2 Å². The molecule has 6 nitrogen and oxygen atoms in total. The van der Waals surface area contributed by atoms with E-state index in [9.17, 15) is 4.79 Å². The van der Waals surface area contributed by atoms with Gasteiger partial charge in [0.1, 0.15) is 6.04 Å². The van der Waals surface area contributed by atoms with Gasteiger partial charge >= 0.3 is 0 Å². The number of fused-ring (bicyclic) bond motifs is 1. The Hall–Kier alpha value is -2.02.